The first kappa shape index (κ1) is 13.1. The fourth-order valence-electron chi connectivity index (χ4n) is 1.93. The fraction of sp³-hybridized carbons (Fsp3) is 0.250. The van der Waals surface area contributed by atoms with Crippen LogP contribution in [0, 0.1) is 6.92 Å². The topological polar surface area (TPSA) is 12.0 Å². The van der Waals surface area contributed by atoms with Crippen LogP contribution in [0.1, 0.15) is 24.1 Å². The van der Waals surface area contributed by atoms with Crippen molar-refractivity contribution in [2.45, 2.75) is 19.9 Å². The van der Waals surface area contributed by atoms with Gasteiger partial charge >= 0.3 is 0 Å². The maximum atomic E-state index is 6.18. The molecule has 0 fully saturated rings. The average molecular weight is 260 g/mol. The smallest absolute Gasteiger partial charge is 0.0441 e. The second kappa shape index (κ2) is 5.55. The molecule has 1 atom stereocenters. The monoisotopic (exact) mass is 259 g/mol. The number of benzene rings is 2. The molecule has 2 rings (SSSR count). The van der Waals surface area contributed by atoms with E-state index in [4.69, 9.17) is 11.6 Å². The van der Waals surface area contributed by atoms with Crippen LogP contribution in [0.4, 0.5) is 0 Å². The van der Waals surface area contributed by atoms with E-state index < -0.39 is 0 Å². The van der Waals surface area contributed by atoms with Gasteiger partial charge in [-0.3, -0.25) is 0 Å². The third kappa shape index (κ3) is 2.74. The molecule has 0 radical (unpaired) electrons. The highest BCUT2D eigenvalue weighted by molar-refractivity contribution is 6.31. The Balaban J connectivity index is 2.41. The lowest BCUT2D eigenvalue weighted by Gasteiger charge is -2.12. The summed E-state index contributed by atoms with van der Waals surface area (Å²) in [6.45, 7) is 4.17. The van der Waals surface area contributed by atoms with Gasteiger partial charge in [-0.25, -0.2) is 0 Å². The van der Waals surface area contributed by atoms with Crippen molar-refractivity contribution >= 4 is 11.6 Å². The minimum absolute atomic E-state index is 0.353. The van der Waals surface area contributed by atoms with Crippen LogP contribution < -0.4 is 5.32 Å². The van der Waals surface area contributed by atoms with Crippen molar-refractivity contribution in [3.05, 3.63) is 58.6 Å². The number of rotatable bonds is 3. The first-order chi connectivity index (χ1) is 8.61. The molecule has 18 heavy (non-hydrogen) atoms. The van der Waals surface area contributed by atoms with E-state index in [0.29, 0.717) is 6.04 Å². The van der Waals surface area contributed by atoms with Crippen molar-refractivity contribution in [1.29, 1.82) is 0 Å². The second-order valence-corrected chi connectivity index (χ2v) is 5.01. The van der Waals surface area contributed by atoms with Gasteiger partial charge < -0.3 is 5.32 Å². The number of nitrogens with one attached hydrogen (secondary N) is 1. The molecule has 0 bridgehead atoms. The van der Waals surface area contributed by atoms with E-state index in [1.807, 2.05) is 20.0 Å². The van der Waals surface area contributed by atoms with Crippen LogP contribution in [0.2, 0.25) is 5.02 Å². The van der Waals surface area contributed by atoms with Crippen molar-refractivity contribution in [3.8, 4) is 11.1 Å². The summed E-state index contributed by atoms with van der Waals surface area (Å²) < 4.78 is 0. The highest BCUT2D eigenvalue weighted by Crippen LogP contribution is 2.27. The third-order valence-corrected chi connectivity index (χ3v) is 3.73. The summed E-state index contributed by atoms with van der Waals surface area (Å²) in [4.78, 5) is 0. The summed E-state index contributed by atoms with van der Waals surface area (Å²) in [6, 6.07) is 15.1. The lowest BCUT2D eigenvalue weighted by molar-refractivity contribution is 0.652. The molecule has 1 unspecified atom stereocenters. The third-order valence-electron chi connectivity index (χ3n) is 3.32. The predicted octanol–water partition coefficient (Wildman–Crippen LogP) is 4.60. The second-order valence-electron chi connectivity index (χ2n) is 4.60. The van der Waals surface area contributed by atoms with Gasteiger partial charge in [0.25, 0.3) is 0 Å². The molecule has 94 valence electrons. The molecule has 1 nitrogen and oxygen atoms in total. The molecule has 2 aromatic carbocycles. The SMILES string of the molecule is CNC(C)c1cccc(-c2ccc(C)c(Cl)c2)c1. The molecule has 0 aromatic heterocycles. The number of halogens is 1. The van der Waals surface area contributed by atoms with E-state index in [0.717, 1.165) is 16.1 Å². The largest absolute Gasteiger partial charge is 0.313 e. The molecule has 0 aliphatic rings. The molecule has 2 aromatic rings. The zero-order valence-electron chi connectivity index (χ0n) is 11.0. The van der Waals surface area contributed by atoms with E-state index >= 15 is 0 Å². The quantitative estimate of drug-likeness (QED) is 0.850. The van der Waals surface area contributed by atoms with Crippen LogP contribution in [-0.4, -0.2) is 7.05 Å². The van der Waals surface area contributed by atoms with Crippen molar-refractivity contribution in [3.63, 3.8) is 0 Å². The van der Waals surface area contributed by atoms with Gasteiger partial charge in [0.1, 0.15) is 0 Å². The molecular weight excluding hydrogens is 242 g/mol. The highest BCUT2D eigenvalue weighted by atomic mass is 35.5. The zero-order chi connectivity index (χ0) is 13.1. The zero-order valence-corrected chi connectivity index (χ0v) is 11.8. The first-order valence-electron chi connectivity index (χ1n) is 6.15. The lowest BCUT2D eigenvalue weighted by Crippen LogP contribution is -2.12. The lowest BCUT2D eigenvalue weighted by atomic mass is 9.99. The summed E-state index contributed by atoms with van der Waals surface area (Å²) in [7, 11) is 1.97. The van der Waals surface area contributed by atoms with Gasteiger partial charge in [0.2, 0.25) is 0 Å². The van der Waals surface area contributed by atoms with E-state index in [2.05, 4.69) is 48.6 Å². The molecule has 0 amide bonds. The van der Waals surface area contributed by atoms with Crippen LogP contribution in [0.15, 0.2) is 42.5 Å². The van der Waals surface area contributed by atoms with Crippen molar-refractivity contribution in [2.75, 3.05) is 7.05 Å². The van der Waals surface area contributed by atoms with E-state index in [-0.39, 0.29) is 0 Å². The fourth-order valence-corrected chi connectivity index (χ4v) is 2.11. The van der Waals surface area contributed by atoms with Gasteiger partial charge in [-0.1, -0.05) is 41.9 Å². The summed E-state index contributed by atoms with van der Waals surface area (Å²) >= 11 is 6.18. The van der Waals surface area contributed by atoms with E-state index in [9.17, 15) is 0 Å². The Morgan fingerprint density at radius 3 is 2.44 bits per heavy atom. The average Bonchev–Trinajstić information content (AvgIpc) is 2.41. The molecule has 0 aliphatic carbocycles. The minimum Gasteiger partial charge on any atom is -0.313 e. The Morgan fingerprint density at radius 2 is 1.78 bits per heavy atom. The van der Waals surface area contributed by atoms with Crippen LogP contribution >= 0.6 is 11.6 Å². The van der Waals surface area contributed by atoms with Crippen LogP contribution in [0.5, 0.6) is 0 Å². The summed E-state index contributed by atoms with van der Waals surface area (Å²) in [6.07, 6.45) is 0. The molecule has 0 aliphatic heterocycles. The standard InChI is InChI=1S/C16H18ClN/c1-11-7-8-15(10-16(11)17)14-6-4-5-13(9-14)12(2)18-3/h4-10,12,18H,1-3H3. The van der Waals surface area contributed by atoms with Crippen molar-refractivity contribution < 1.29 is 0 Å². The van der Waals surface area contributed by atoms with E-state index in [1.54, 1.807) is 0 Å². The molecular formula is C16H18ClN. The van der Waals surface area contributed by atoms with Gasteiger partial charge in [0.05, 0.1) is 0 Å². The van der Waals surface area contributed by atoms with Gasteiger partial charge in [0.15, 0.2) is 0 Å². The number of hydrogen-bond acceptors (Lipinski definition) is 1. The molecule has 0 saturated carbocycles. The normalized spacial score (nSPS) is 12.4. The van der Waals surface area contributed by atoms with Gasteiger partial charge in [-0.15, -0.1) is 0 Å². The molecule has 0 spiro atoms. The minimum atomic E-state index is 0.353. The van der Waals surface area contributed by atoms with Crippen LogP contribution in [0.25, 0.3) is 11.1 Å². The molecule has 1 N–H and O–H groups in total. The maximum absolute atomic E-state index is 6.18. The summed E-state index contributed by atoms with van der Waals surface area (Å²) in [5.41, 5.74) is 4.76. The van der Waals surface area contributed by atoms with Gasteiger partial charge in [-0.05, 0) is 55.3 Å². The summed E-state index contributed by atoms with van der Waals surface area (Å²) in [5, 5.41) is 4.07. The van der Waals surface area contributed by atoms with E-state index in [1.165, 1.54) is 11.1 Å². The molecule has 0 saturated heterocycles. The summed E-state index contributed by atoms with van der Waals surface area (Å²) in [5.74, 6) is 0. The highest BCUT2D eigenvalue weighted by Gasteiger charge is 2.05. The number of aryl methyl sites for hydroxylation is 1. The van der Waals surface area contributed by atoms with Crippen LogP contribution in [-0.2, 0) is 0 Å². The molecule has 0 heterocycles. The first-order valence-corrected chi connectivity index (χ1v) is 6.53. The number of hydrogen-bond donors (Lipinski definition) is 1. The Kier molecular flexibility index (Phi) is 4.05. The Morgan fingerprint density at radius 1 is 1.06 bits per heavy atom. The predicted molar refractivity (Wildman–Crippen MR) is 79.1 cm³/mol. The molecule has 2 heteroatoms. The van der Waals surface area contributed by atoms with Crippen molar-refractivity contribution in [1.82, 2.24) is 5.32 Å². The Hall–Kier alpha value is -1.31. The van der Waals surface area contributed by atoms with Gasteiger partial charge in [0, 0.05) is 11.1 Å². The maximum Gasteiger partial charge on any atom is 0.0441 e. The Labute approximate surface area is 114 Å². The van der Waals surface area contributed by atoms with Gasteiger partial charge in [-0.2, -0.15) is 0 Å². The van der Waals surface area contributed by atoms with Crippen LogP contribution in [0.3, 0.4) is 0 Å². The Bertz CT molecular complexity index is 549. The van der Waals surface area contributed by atoms with Crippen molar-refractivity contribution in [2.24, 2.45) is 0 Å².